The van der Waals surface area contributed by atoms with E-state index in [4.69, 9.17) is 39.5 Å². The molecule has 0 unspecified atom stereocenters. The molecular weight excluding hydrogens is 361 g/mol. The van der Waals surface area contributed by atoms with Crippen LogP contribution in [0.15, 0.2) is 23.9 Å². The van der Waals surface area contributed by atoms with Gasteiger partial charge in [-0.1, -0.05) is 41.7 Å². The lowest BCUT2D eigenvalue weighted by Gasteiger charge is -2.26. The van der Waals surface area contributed by atoms with Crippen molar-refractivity contribution in [1.29, 1.82) is 0 Å². The topological polar surface area (TPSA) is 55.4 Å². The number of rotatable bonds is 4. The Labute approximate surface area is 149 Å². The molecule has 1 aromatic rings. The van der Waals surface area contributed by atoms with Gasteiger partial charge in [0.2, 0.25) is 0 Å². The molecule has 124 valence electrons. The van der Waals surface area contributed by atoms with Gasteiger partial charge in [-0.05, 0) is 31.4 Å². The molecule has 0 fully saturated rings. The predicted octanol–water partition coefficient (Wildman–Crippen LogP) is 4.73. The highest BCUT2D eigenvalue weighted by Crippen LogP contribution is 2.35. The Bertz CT molecular complexity index is 650. The van der Waals surface area contributed by atoms with Crippen molar-refractivity contribution in [3.63, 3.8) is 0 Å². The van der Waals surface area contributed by atoms with Gasteiger partial charge in [0.05, 0.1) is 21.7 Å². The molecule has 0 amide bonds. The van der Waals surface area contributed by atoms with Crippen molar-refractivity contribution in [2.75, 3.05) is 11.9 Å². The SMILES string of the molecule is CCOC(=O)[C@@H]1C(=O)C=C(Nc2cc(Cl)c(Cl)c(Cl)c2)C[C@H]1C. The highest BCUT2D eigenvalue weighted by Gasteiger charge is 2.36. The monoisotopic (exact) mass is 375 g/mol. The second kappa shape index (κ2) is 7.56. The van der Waals surface area contributed by atoms with Gasteiger partial charge in [0.15, 0.2) is 5.78 Å². The van der Waals surface area contributed by atoms with E-state index in [-0.39, 0.29) is 23.3 Å². The quantitative estimate of drug-likeness (QED) is 0.469. The number of carbonyl (C=O) groups is 2. The van der Waals surface area contributed by atoms with E-state index < -0.39 is 11.9 Å². The van der Waals surface area contributed by atoms with Crippen molar-refractivity contribution in [1.82, 2.24) is 0 Å². The van der Waals surface area contributed by atoms with Crippen LogP contribution in [-0.2, 0) is 14.3 Å². The van der Waals surface area contributed by atoms with Gasteiger partial charge in [0.25, 0.3) is 0 Å². The molecule has 0 saturated heterocycles. The third-order valence-corrected chi connectivity index (χ3v) is 4.76. The number of nitrogens with one attached hydrogen (secondary N) is 1. The summed E-state index contributed by atoms with van der Waals surface area (Å²) in [4.78, 5) is 24.1. The summed E-state index contributed by atoms with van der Waals surface area (Å²) >= 11 is 17.9. The molecule has 0 saturated carbocycles. The first-order valence-corrected chi connectivity index (χ1v) is 8.29. The molecule has 1 aromatic carbocycles. The van der Waals surface area contributed by atoms with Gasteiger partial charge in [-0.25, -0.2) is 0 Å². The van der Waals surface area contributed by atoms with E-state index in [1.54, 1.807) is 19.1 Å². The molecule has 1 aliphatic carbocycles. The average Bonchev–Trinajstić information content (AvgIpc) is 2.44. The first-order valence-electron chi connectivity index (χ1n) is 7.16. The summed E-state index contributed by atoms with van der Waals surface area (Å²) in [6, 6.07) is 3.26. The second-order valence-corrected chi connectivity index (χ2v) is 6.55. The Balaban J connectivity index is 2.18. The van der Waals surface area contributed by atoms with E-state index in [1.165, 1.54) is 6.08 Å². The number of ketones is 1. The van der Waals surface area contributed by atoms with Gasteiger partial charge in [-0.15, -0.1) is 0 Å². The van der Waals surface area contributed by atoms with Crippen molar-refractivity contribution >= 4 is 52.2 Å². The molecule has 0 aliphatic heterocycles. The molecule has 4 nitrogen and oxygen atoms in total. The lowest BCUT2D eigenvalue weighted by molar-refractivity contribution is -0.152. The van der Waals surface area contributed by atoms with Crippen LogP contribution in [0.3, 0.4) is 0 Å². The molecule has 2 rings (SSSR count). The van der Waals surface area contributed by atoms with Crippen LogP contribution in [0.5, 0.6) is 0 Å². The number of halogens is 3. The standard InChI is InChI=1S/C16H16Cl3NO3/c1-3-23-16(22)14-8(2)4-9(7-13(14)21)20-10-5-11(17)15(19)12(18)6-10/h5-8,14,20H,3-4H2,1-2H3/t8-,14+/m1/s1. The summed E-state index contributed by atoms with van der Waals surface area (Å²) in [6.07, 6.45) is 1.96. The molecular formula is C16H16Cl3NO3. The summed E-state index contributed by atoms with van der Waals surface area (Å²) in [5, 5.41) is 4.03. The van der Waals surface area contributed by atoms with Gasteiger partial charge in [-0.2, -0.15) is 0 Å². The van der Waals surface area contributed by atoms with Gasteiger partial charge >= 0.3 is 5.97 Å². The van der Waals surface area contributed by atoms with Crippen LogP contribution in [0.2, 0.25) is 15.1 Å². The molecule has 0 bridgehead atoms. The summed E-state index contributed by atoms with van der Waals surface area (Å²) in [5.41, 5.74) is 1.32. The lowest BCUT2D eigenvalue weighted by atomic mass is 9.82. The van der Waals surface area contributed by atoms with Crippen molar-refractivity contribution in [3.05, 3.63) is 39.0 Å². The van der Waals surface area contributed by atoms with E-state index in [0.717, 1.165) is 0 Å². The normalized spacial score (nSPS) is 20.9. The maximum absolute atomic E-state index is 12.2. The van der Waals surface area contributed by atoms with Crippen LogP contribution in [0.4, 0.5) is 5.69 Å². The predicted molar refractivity (Wildman–Crippen MR) is 92.1 cm³/mol. The molecule has 0 heterocycles. The van der Waals surface area contributed by atoms with Crippen LogP contribution in [0.25, 0.3) is 0 Å². The molecule has 7 heteroatoms. The number of ether oxygens (including phenoxy) is 1. The highest BCUT2D eigenvalue weighted by molar-refractivity contribution is 6.48. The summed E-state index contributed by atoms with van der Waals surface area (Å²) in [5.74, 6) is -1.65. The Morgan fingerprint density at radius 3 is 2.43 bits per heavy atom. The molecule has 0 spiro atoms. The number of hydrogen-bond acceptors (Lipinski definition) is 4. The summed E-state index contributed by atoms with van der Waals surface area (Å²) in [6.45, 7) is 3.81. The fourth-order valence-corrected chi connectivity index (χ4v) is 3.14. The second-order valence-electron chi connectivity index (χ2n) is 5.36. The maximum Gasteiger partial charge on any atom is 0.317 e. The fourth-order valence-electron chi connectivity index (χ4n) is 2.55. The average molecular weight is 377 g/mol. The summed E-state index contributed by atoms with van der Waals surface area (Å²) in [7, 11) is 0. The minimum Gasteiger partial charge on any atom is -0.465 e. The van der Waals surface area contributed by atoms with Crippen LogP contribution >= 0.6 is 34.8 Å². The van der Waals surface area contributed by atoms with Crippen molar-refractivity contribution < 1.29 is 14.3 Å². The first-order chi connectivity index (χ1) is 10.8. The van der Waals surface area contributed by atoms with E-state index in [2.05, 4.69) is 5.32 Å². The largest absolute Gasteiger partial charge is 0.465 e. The van der Waals surface area contributed by atoms with E-state index in [1.807, 2.05) is 6.92 Å². The zero-order valence-electron chi connectivity index (χ0n) is 12.7. The Morgan fingerprint density at radius 1 is 1.30 bits per heavy atom. The van der Waals surface area contributed by atoms with E-state index in [9.17, 15) is 9.59 Å². The van der Waals surface area contributed by atoms with E-state index in [0.29, 0.717) is 27.9 Å². The molecule has 1 N–H and O–H groups in total. The van der Waals surface area contributed by atoms with Gasteiger partial charge in [-0.3, -0.25) is 9.59 Å². The Hall–Kier alpha value is -1.23. The van der Waals surface area contributed by atoms with Gasteiger partial charge in [0, 0.05) is 17.5 Å². The van der Waals surface area contributed by atoms with Crippen molar-refractivity contribution in [2.45, 2.75) is 20.3 Å². The Morgan fingerprint density at radius 2 is 1.91 bits per heavy atom. The zero-order chi connectivity index (χ0) is 17.1. The van der Waals surface area contributed by atoms with Crippen molar-refractivity contribution in [2.24, 2.45) is 11.8 Å². The van der Waals surface area contributed by atoms with Crippen LogP contribution in [0, 0.1) is 11.8 Å². The smallest absolute Gasteiger partial charge is 0.317 e. The number of esters is 1. The number of anilines is 1. The van der Waals surface area contributed by atoms with Crippen LogP contribution < -0.4 is 5.32 Å². The highest BCUT2D eigenvalue weighted by atomic mass is 35.5. The molecule has 2 atom stereocenters. The molecule has 0 aromatic heterocycles. The minimum absolute atomic E-state index is 0.160. The van der Waals surface area contributed by atoms with Crippen LogP contribution in [0.1, 0.15) is 20.3 Å². The summed E-state index contributed by atoms with van der Waals surface area (Å²) < 4.78 is 4.96. The molecule has 23 heavy (non-hydrogen) atoms. The third-order valence-electron chi connectivity index (χ3n) is 3.56. The first kappa shape index (κ1) is 18.1. The number of carbonyl (C=O) groups excluding carboxylic acids is 2. The van der Waals surface area contributed by atoms with Crippen LogP contribution in [-0.4, -0.2) is 18.4 Å². The minimum atomic E-state index is -0.752. The Kier molecular flexibility index (Phi) is 5.95. The van der Waals surface area contributed by atoms with Gasteiger partial charge in [0.1, 0.15) is 5.92 Å². The number of hydrogen-bond donors (Lipinski definition) is 1. The lowest BCUT2D eigenvalue weighted by Crippen LogP contribution is -2.35. The fraction of sp³-hybridized carbons (Fsp3) is 0.375. The number of allylic oxidation sites excluding steroid dienone is 2. The zero-order valence-corrected chi connectivity index (χ0v) is 14.9. The maximum atomic E-state index is 12.2. The number of benzene rings is 1. The molecule has 0 radical (unpaired) electrons. The third kappa shape index (κ3) is 4.19. The molecule has 1 aliphatic rings. The van der Waals surface area contributed by atoms with Gasteiger partial charge < -0.3 is 10.1 Å². The van der Waals surface area contributed by atoms with E-state index >= 15 is 0 Å². The van der Waals surface area contributed by atoms with Crippen molar-refractivity contribution in [3.8, 4) is 0 Å².